The van der Waals surface area contributed by atoms with E-state index < -0.39 is 10.0 Å². The highest BCUT2D eigenvalue weighted by Crippen LogP contribution is 2.16. The molecule has 1 atom stereocenters. The van der Waals surface area contributed by atoms with Crippen LogP contribution in [0.3, 0.4) is 0 Å². The lowest BCUT2D eigenvalue weighted by Crippen LogP contribution is -2.30. The Hall–Kier alpha value is -1.11. The Balaban J connectivity index is 1.88. The summed E-state index contributed by atoms with van der Waals surface area (Å²) in [5, 5.41) is 3.35. The third-order valence-electron chi connectivity index (χ3n) is 3.39. The van der Waals surface area contributed by atoms with Crippen LogP contribution < -0.4 is 14.8 Å². The Labute approximate surface area is 120 Å². The second kappa shape index (κ2) is 7.06. The standard InChI is InChI=1S/C14H22N2O3S/c1-2-19-13-5-7-14(8-6-13)20(17,18)16-11-9-12-4-3-10-15-12/h5-8,12,15-16H,2-4,9-11H2,1H3. The van der Waals surface area contributed by atoms with Gasteiger partial charge in [-0.05, 0) is 57.0 Å². The lowest BCUT2D eigenvalue weighted by Gasteiger charge is -2.11. The fraction of sp³-hybridized carbons (Fsp3) is 0.571. The summed E-state index contributed by atoms with van der Waals surface area (Å²) in [6.45, 7) is 3.96. The Morgan fingerprint density at radius 1 is 1.35 bits per heavy atom. The maximum atomic E-state index is 12.1. The average molecular weight is 298 g/mol. The molecule has 2 N–H and O–H groups in total. The van der Waals surface area contributed by atoms with Crippen LogP contribution in [0.25, 0.3) is 0 Å². The first kappa shape index (κ1) is 15.3. The van der Waals surface area contributed by atoms with Gasteiger partial charge in [0, 0.05) is 12.6 Å². The van der Waals surface area contributed by atoms with Crippen molar-refractivity contribution in [3.05, 3.63) is 24.3 Å². The average Bonchev–Trinajstić information content (AvgIpc) is 2.93. The predicted molar refractivity (Wildman–Crippen MR) is 78.4 cm³/mol. The van der Waals surface area contributed by atoms with E-state index in [2.05, 4.69) is 10.0 Å². The molecular weight excluding hydrogens is 276 g/mol. The molecule has 1 aromatic rings. The van der Waals surface area contributed by atoms with Crippen LogP contribution in [0.4, 0.5) is 0 Å². The van der Waals surface area contributed by atoms with E-state index in [1.54, 1.807) is 24.3 Å². The van der Waals surface area contributed by atoms with Crippen molar-refractivity contribution in [1.82, 2.24) is 10.0 Å². The summed E-state index contributed by atoms with van der Waals surface area (Å²) in [7, 11) is -3.42. The molecule has 1 aliphatic rings. The summed E-state index contributed by atoms with van der Waals surface area (Å²) < 4.78 is 32.1. The maximum absolute atomic E-state index is 12.1. The van der Waals surface area contributed by atoms with E-state index in [-0.39, 0.29) is 4.90 Å². The zero-order valence-electron chi connectivity index (χ0n) is 11.8. The van der Waals surface area contributed by atoms with Gasteiger partial charge in [0.2, 0.25) is 10.0 Å². The largest absolute Gasteiger partial charge is 0.494 e. The van der Waals surface area contributed by atoms with Crippen LogP contribution in [0.1, 0.15) is 26.2 Å². The van der Waals surface area contributed by atoms with Crippen LogP contribution in [-0.4, -0.2) is 34.2 Å². The van der Waals surface area contributed by atoms with Crippen LogP contribution in [0.2, 0.25) is 0 Å². The van der Waals surface area contributed by atoms with Crippen molar-refractivity contribution in [3.63, 3.8) is 0 Å². The molecule has 1 aromatic carbocycles. The number of hydrogen-bond acceptors (Lipinski definition) is 4. The highest BCUT2D eigenvalue weighted by atomic mass is 32.2. The first-order chi connectivity index (χ1) is 9.62. The van der Waals surface area contributed by atoms with Crippen molar-refractivity contribution in [2.75, 3.05) is 19.7 Å². The minimum Gasteiger partial charge on any atom is -0.494 e. The third kappa shape index (κ3) is 4.19. The Bertz CT molecular complexity index is 508. The fourth-order valence-electron chi connectivity index (χ4n) is 2.34. The quantitative estimate of drug-likeness (QED) is 0.800. The van der Waals surface area contributed by atoms with Crippen molar-refractivity contribution in [2.24, 2.45) is 0 Å². The van der Waals surface area contributed by atoms with Crippen molar-refractivity contribution in [3.8, 4) is 5.75 Å². The molecule has 0 aromatic heterocycles. The molecule has 1 fully saturated rings. The monoisotopic (exact) mass is 298 g/mol. The molecule has 1 unspecified atom stereocenters. The molecule has 5 nitrogen and oxygen atoms in total. The van der Waals surface area contributed by atoms with E-state index >= 15 is 0 Å². The molecule has 0 radical (unpaired) electrons. The summed E-state index contributed by atoms with van der Waals surface area (Å²) in [5.41, 5.74) is 0. The van der Waals surface area contributed by atoms with E-state index in [9.17, 15) is 8.42 Å². The number of rotatable bonds is 7. The molecule has 1 heterocycles. The number of benzene rings is 1. The van der Waals surface area contributed by atoms with Gasteiger partial charge >= 0.3 is 0 Å². The molecule has 20 heavy (non-hydrogen) atoms. The predicted octanol–water partition coefficient (Wildman–Crippen LogP) is 1.51. The van der Waals surface area contributed by atoms with Gasteiger partial charge < -0.3 is 10.1 Å². The van der Waals surface area contributed by atoms with E-state index in [1.807, 2.05) is 6.92 Å². The summed E-state index contributed by atoms with van der Waals surface area (Å²) >= 11 is 0. The van der Waals surface area contributed by atoms with Crippen LogP contribution in [0.15, 0.2) is 29.2 Å². The summed E-state index contributed by atoms with van der Waals surface area (Å²) in [4.78, 5) is 0.278. The van der Waals surface area contributed by atoms with Crippen LogP contribution >= 0.6 is 0 Å². The van der Waals surface area contributed by atoms with E-state index in [4.69, 9.17) is 4.74 Å². The molecule has 2 rings (SSSR count). The molecule has 0 amide bonds. The fourth-order valence-corrected chi connectivity index (χ4v) is 3.38. The van der Waals surface area contributed by atoms with Gasteiger partial charge in [0.05, 0.1) is 11.5 Å². The second-order valence-corrected chi connectivity index (χ2v) is 6.65. The second-order valence-electron chi connectivity index (χ2n) is 4.88. The van der Waals surface area contributed by atoms with Crippen LogP contribution in [0, 0.1) is 0 Å². The van der Waals surface area contributed by atoms with Gasteiger partial charge in [-0.1, -0.05) is 0 Å². The molecule has 0 spiro atoms. The van der Waals surface area contributed by atoms with Crippen molar-refractivity contribution in [1.29, 1.82) is 0 Å². The van der Waals surface area contributed by atoms with Gasteiger partial charge in [0.1, 0.15) is 5.75 Å². The zero-order valence-corrected chi connectivity index (χ0v) is 12.6. The minimum atomic E-state index is -3.42. The number of ether oxygens (including phenoxy) is 1. The van der Waals surface area contributed by atoms with Gasteiger partial charge in [-0.2, -0.15) is 0 Å². The van der Waals surface area contributed by atoms with Crippen molar-refractivity contribution < 1.29 is 13.2 Å². The topological polar surface area (TPSA) is 67.4 Å². The molecule has 0 saturated carbocycles. The normalized spacial score (nSPS) is 19.1. The Kier molecular flexibility index (Phi) is 5.39. The Morgan fingerprint density at radius 2 is 2.10 bits per heavy atom. The highest BCUT2D eigenvalue weighted by Gasteiger charge is 2.17. The summed E-state index contributed by atoms with van der Waals surface area (Å²) in [6, 6.07) is 6.94. The van der Waals surface area contributed by atoms with Gasteiger partial charge in [-0.15, -0.1) is 0 Å². The molecule has 112 valence electrons. The van der Waals surface area contributed by atoms with E-state index in [0.717, 1.165) is 19.4 Å². The van der Waals surface area contributed by atoms with Crippen molar-refractivity contribution in [2.45, 2.75) is 37.1 Å². The Morgan fingerprint density at radius 3 is 2.70 bits per heavy atom. The first-order valence-corrected chi connectivity index (χ1v) is 8.56. The third-order valence-corrected chi connectivity index (χ3v) is 4.87. The zero-order chi connectivity index (χ0) is 14.4. The lowest BCUT2D eigenvalue weighted by molar-refractivity contribution is 0.340. The lowest BCUT2D eigenvalue weighted by atomic mass is 10.2. The van der Waals surface area contributed by atoms with Gasteiger partial charge in [0.15, 0.2) is 0 Å². The van der Waals surface area contributed by atoms with Gasteiger partial charge in [-0.3, -0.25) is 0 Å². The van der Waals surface area contributed by atoms with Crippen LogP contribution in [-0.2, 0) is 10.0 Å². The van der Waals surface area contributed by atoms with Gasteiger partial charge in [0.25, 0.3) is 0 Å². The SMILES string of the molecule is CCOc1ccc(S(=O)(=O)NCCC2CCCN2)cc1. The minimum absolute atomic E-state index is 0.278. The van der Waals surface area contributed by atoms with E-state index in [1.165, 1.54) is 6.42 Å². The number of nitrogens with one attached hydrogen (secondary N) is 2. The van der Waals surface area contributed by atoms with Crippen molar-refractivity contribution >= 4 is 10.0 Å². The smallest absolute Gasteiger partial charge is 0.240 e. The molecule has 0 bridgehead atoms. The van der Waals surface area contributed by atoms with Crippen LogP contribution in [0.5, 0.6) is 5.75 Å². The number of sulfonamides is 1. The molecule has 1 saturated heterocycles. The highest BCUT2D eigenvalue weighted by molar-refractivity contribution is 7.89. The molecular formula is C14H22N2O3S. The molecule has 6 heteroatoms. The van der Waals surface area contributed by atoms with Gasteiger partial charge in [-0.25, -0.2) is 13.1 Å². The maximum Gasteiger partial charge on any atom is 0.240 e. The van der Waals surface area contributed by atoms with E-state index in [0.29, 0.717) is 24.9 Å². The number of hydrogen-bond donors (Lipinski definition) is 2. The summed E-state index contributed by atoms with van der Waals surface area (Å²) in [6.07, 6.45) is 3.14. The molecule has 0 aliphatic carbocycles. The summed E-state index contributed by atoms with van der Waals surface area (Å²) in [5.74, 6) is 0.682. The first-order valence-electron chi connectivity index (χ1n) is 7.08. The molecule has 1 aliphatic heterocycles.